The summed E-state index contributed by atoms with van der Waals surface area (Å²) < 4.78 is 31.9. The molecular weight excluding hydrogens is 412 g/mol. The summed E-state index contributed by atoms with van der Waals surface area (Å²) in [6, 6.07) is 6.50. The molecule has 0 fully saturated rings. The molecule has 4 aromatic rings. The summed E-state index contributed by atoms with van der Waals surface area (Å²) in [5.74, 6) is -0.385. The number of aryl methyl sites for hydroxylation is 1. The van der Waals surface area contributed by atoms with E-state index in [0.717, 1.165) is 6.54 Å². The predicted octanol–water partition coefficient (Wildman–Crippen LogP) is 4.65. The molecule has 3 aromatic heterocycles. The number of halogens is 2. The van der Waals surface area contributed by atoms with Crippen molar-refractivity contribution < 1.29 is 8.78 Å². The van der Waals surface area contributed by atoms with Crippen LogP contribution in [0.25, 0.3) is 27.7 Å². The number of nitrogens with zero attached hydrogens (tertiary/aromatic N) is 3. The van der Waals surface area contributed by atoms with E-state index >= 15 is 4.39 Å². The van der Waals surface area contributed by atoms with Gasteiger partial charge in [-0.25, -0.2) is 18.7 Å². The zero-order chi connectivity index (χ0) is 22.9. The quantitative estimate of drug-likeness (QED) is 0.392. The van der Waals surface area contributed by atoms with Crippen LogP contribution in [0.2, 0.25) is 0 Å². The van der Waals surface area contributed by atoms with Crippen LogP contribution >= 0.6 is 0 Å². The van der Waals surface area contributed by atoms with Gasteiger partial charge in [0, 0.05) is 24.4 Å². The van der Waals surface area contributed by atoms with Crippen molar-refractivity contribution in [3.8, 4) is 11.1 Å². The van der Waals surface area contributed by atoms with E-state index < -0.39 is 17.0 Å². The van der Waals surface area contributed by atoms with Gasteiger partial charge >= 0.3 is 0 Å². The summed E-state index contributed by atoms with van der Waals surface area (Å²) in [5.41, 5.74) is 0.525. The Morgan fingerprint density at radius 3 is 2.69 bits per heavy atom. The molecule has 0 saturated carbocycles. The van der Waals surface area contributed by atoms with E-state index in [9.17, 15) is 9.18 Å². The van der Waals surface area contributed by atoms with Crippen LogP contribution < -0.4 is 10.9 Å². The third kappa shape index (κ3) is 4.14. The first kappa shape index (κ1) is 22.1. The highest BCUT2D eigenvalue weighted by atomic mass is 19.1. The van der Waals surface area contributed by atoms with Gasteiger partial charge in [0.15, 0.2) is 17.1 Å². The average Bonchev–Trinajstić information content (AvgIpc) is 3.15. The Kier molecular flexibility index (Phi) is 6.06. The highest BCUT2D eigenvalue weighted by Gasteiger charge is 2.33. The normalized spacial score (nSPS) is 13.7. The molecule has 4 rings (SSSR count). The van der Waals surface area contributed by atoms with Crippen LogP contribution in [0.3, 0.4) is 0 Å². The lowest BCUT2D eigenvalue weighted by atomic mass is 9.94. The summed E-state index contributed by atoms with van der Waals surface area (Å²) in [6.07, 6.45) is 4.64. The van der Waals surface area contributed by atoms with Gasteiger partial charge in [0.25, 0.3) is 5.56 Å². The summed E-state index contributed by atoms with van der Waals surface area (Å²) in [5, 5.41) is 3.46. The maximum atomic E-state index is 15.8. The van der Waals surface area contributed by atoms with Gasteiger partial charge in [0.2, 0.25) is 0 Å². The van der Waals surface area contributed by atoms with Crippen molar-refractivity contribution >= 4 is 16.6 Å². The molecule has 2 N–H and O–H groups in total. The van der Waals surface area contributed by atoms with Crippen molar-refractivity contribution in [1.29, 1.82) is 0 Å². The molecule has 0 amide bonds. The van der Waals surface area contributed by atoms with Gasteiger partial charge in [-0.2, -0.15) is 0 Å². The van der Waals surface area contributed by atoms with Crippen molar-refractivity contribution in [2.24, 2.45) is 0 Å². The van der Waals surface area contributed by atoms with E-state index in [-0.39, 0.29) is 24.3 Å². The largest absolute Gasteiger partial charge is 0.317 e. The van der Waals surface area contributed by atoms with Gasteiger partial charge in [0.1, 0.15) is 5.82 Å². The monoisotopic (exact) mass is 439 g/mol. The maximum Gasteiger partial charge on any atom is 0.258 e. The number of pyridine rings is 1. The highest BCUT2D eigenvalue weighted by molar-refractivity contribution is 5.84. The van der Waals surface area contributed by atoms with Crippen LogP contribution in [0.1, 0.15) is 44.6 Å². The Morgan fingerprint density at radius 1 is 1.12 bits per heavy atom. The Hall–Kier alpha value is -3.13. The van der Waals surface area contributed by atoms with Crippen molar-refractivity contribution in [2.45, 2.75) is 45.7 Å². The zero-order valence-corrected chi connectivity index (χ0v) is 18.5. The predicted molar refractivity (Wildman–Crippen MR) is 122 cm³/mol. The smallest absolute Gasteiger partial charge is 0.258 e. The number of rotatable bonds is 8. The van der Waals surface area contributed by atoms with Gasteiger partial charge in [-0.3, -0.25) is 4.79 Å². The molecule has 6 nitrogen and oxygen atoms in total. The topological polar surface area (TPSA) is 75.1 Å². The van der Waals surface area contributed by atoms with Crippen molar-refractivity contribution in [1.82, 2.24) is 24.7 Å². The number of aromatic amines is 1. The lowest BCUT2D eigenvalue weighted by Crippen LogP contribution is -2.31. The molecular formula is C24H27F2N5O. The second-order valence-electron chi connectivity index (χ2n) is 8.16. The summed E-state index contributed by atoms with van der Waals surface area (Å²) in [6.45, 7) is 6.91. The number of nitrogens with one attached hydrogen (secondary N) is 2. The molecule has 3 heterocycles. The third-order valence-corrected chi connectivity index (χ3v) is 5.68. The zero-order valence-electron chi connectivity index (χ0n) is 18.5. The van der Waals surface area contributed by atoms with Gasteiger partial charge in [-0.1, -0.05) is 26.3 Å². The Labute approximate surface area is 184 Å². The third-order valence-electron chi connectivity index (χ3n) is 5.68. The molecule has 0 radical (unpaired) electrons. The molecule has 0 spiro atoms. The molecule has 32 heavy (non-hydrogen) atoms. The minimum Gasteiger partial charge on any atom is -0.317 e. The SMILES string of the molecule is CCCC(F)(CCNCC)c1nc2ccc(-c3cc(F)c4nc(C)cn4c3)cc2c(=O)[nH]1. The molecule has 0 bridgehead atoms. The molecule has 1 atom stereocenters. The molecule has 0 saturated heterocycles. The van der Waals surface area contributed by atoms with Crippen LogP contribution in [0.4, 0.5) is 8.78 Å². The van der Waals surface area contributed by atoms with E-state index in [4.69, 9.17) is 0 Å². The molecule has 8 heteroatoms. The van der Waals surface area contributed by atoms with Crippen molar-refractivity contribution in [2.75, 3.05) is 13.1 Å². The Morgan fingerprint density at radius 2 is 1.94 bits per heavy atom. The number of aromatic nitrogens is 4. The van der Waals surface area contributed by atoms with Crippen LogP contribution in [-0.4, -0.2) is 32.4 Å². The number of benzene rings is 1. The van der Waals surface area contributed by atoms with E-state index in [1.54, 1.807) is 41.9 Å². The fourth-order valence-electron chi connectivity index (χ4n) is 4.09. The first-order valence-corrected chi connectivity index (χ1v) is 10.9. The molecule has 1 aromatic carbocycles. The molecule has 0 aliphatic rings. The lowest BCUT2D eigenvalue weighted by molar-refractivity contribution is 0.123. The molecule has 0 aliphatic carbocycles. The number of fused-ring (bicyclic) bond motifs is 2. The van der Waals surface area contributed by atoms with Gasteiger partial charge in [-0.15, -0.1) is 0 Å². The Bertz CT molecular complexity index is 1330. The second kappa shape index (κ2) is 8.78. The van der Waals surface area contributed by atoms with Crippen molar-refractivity contribution in [3.05, 3.63) is 64.3 Å². The number of H-pyrrole nitrogens is 1. The summed E-state index contributed by atoms with van der Waals surface area (Å²) in [7, 11) is 0. The number of imidazole rings is 1. The first-order valence-electron chi connectivity index (χ1n) is 10.9. The standard InChI is InChI=1S/C24H27F2N5O/c1-4-8-24(26,9-10-27-5-2)23-29-20-7-6-16(11-18(20)22(32)30-23)17-12-19(25)21-28-15(3)13-31(21)14-17/h6-7,11-14,27H,4-5,8-10H2,1-3H3,(H,29,30,32). The highest BCUT2D eigenvalue weighted by Crippen LogP contribution is 2.33. The van der Waals surface area contributed by atoms with Gasteiger partial charge < -0.3 is 14.7 Å². The minimum atomic E-state index is -1.71. The van der Waals surface area contributed by atoms with Crippen LogP contribution in [0.15, 0.2) is 41.5 Å². The van der Waals surface area contributed by atoms with E-state index in [0.29, 0.717) is 40.7 Å². The molecule has 168 valence electrons. The number of hydrogen-bond acceptors (Lipinski definition) is 4. The summed E-state index contributed by atoms with van der Waals surface area (Å²) in [4.78, 5) is 24.2. The minimum absolute atomic E-state index is 0.0591. The van der Waals surface area contributed by atoms with Gasteiger partial charge in [0.05, 0.1) is 16.6 Å². The maximum absolute atomic E-state index is 15.8. The second-order valence-corrected chi connectivity index (χ2v) is 8.16. The number of alkyl halides is 1. The molecule has 1 unspecified atom stereocenters. The van der Waals surface area contributed by atoms with E-state index in [1.807, 2.05) is 13.8 Å². The van der Waals surface area contributed by atoms with Crippen LogP contribution in [0.5, 0.6) is 0 Å². The fourth-order valence-corrected chi connectivity index (χ4v) is 4.09. The summed E-state index contributed by atoms with van der Waals surface area (Å²) >= 11 is 0. The Balaban J connectivity index is 1.76. The average molecular weight is 440 g/mol. The molecule has 0 aliphatic heterocycles. The van der Waals surface area contributed by atoms with E-state index in [1.165, 1.54) is 6.07 Å². The fraction of sp³-hybridized carbons (Fsp3) is 0.375. The van der Waals surface area contributed by atoms with E-state index in [2.05, 4.69) is 20.3 Å². The van der Waals surface area contributed by atoms with Gasteiger partial charge in [-0.05, 0) is 50.2 Å². The number of hydrogen-bond donors (Lipinski definition) is 2. The van der Waals surface area contributed by atoms with Crippen LogP contribution in [0, 0.1) is 12.7 Å². The van der Waals surface area contributed by atoms with Crippen LogP contribution in [-0.2, 0) is 5.67 Å². The van der Waals surface area contributed by atoms with Crippen molar-refractivity contribution in [3.63, 3.8) is 0 Å². The lowest BCUT2D eigenvalue weighted by Gasteiger charge is -2.24. The first-order chi connectivity index (χ1) is 15.3.